The van der Waals surface area contributed by atoms with Crippen LogP contribution >= 0.6 is 0 Å². The van der Waals surface area contributed by atoms with Gasteiger partial charge in [0.25, 0.3) is 0 Å². The van der Waals surface area contributed by atoms with Gasteiger partial charge in [0.05, 0.1) is 33.9 Å². The molecule has 1 aliphatic rings. The minimum absolute atomic E-state index is 0.421. The van der Waals surface area contributed by atoms with Gasteiger partial charge in [-0.1, -0.05) is 30.3 Å². The van der Waals surface area contributed by atoms with Gasteiger partial charge < -0.3 is 13.9 Å². The van der Waals surface area contributed by atoms with Crippen molar-refractivity contribution < 1.29 is 9.31 Å². The highest BCUT2D eigenvalue weighted by atomic mass is 16.7. The lowest BCUT2D eigenvalue weighted by molar-refractivity contribution is 0.00578. The fourth-order valence-corrected chi connectivity index (χ4v) is 4.19. The van der Waals surface area contributed by atoms with Gasteiger partial charge in [-0.05, 0) is 69.6 Å². The van der Waals surface area contributed by atoms with E-state index >= 15 is 0 Å². The molecule has 0 atom stereocenters. The highest BCUT2D eigenvalue weighted by molar-refractivity contribution is 6.66. The summed E-state index contributed by atoms with van der Waals surface area (Å²) < 4.78 is 15.0. The van der Waals surface area contributed by atoms with E-state index < -0.39 is 18.3 Å². The summed E-state index contributed by atoms with van der Waals surface area (Å²) in [6.07, 6.45) is 0. The molecule has 2 heterocycles. The topological polar surface area (TPSA) is 47.2 Å². The molecule has 0 bridgehead atoms. The summed E-state index contributed by atoms with van der Waals surface area (Å²) in [6.45, 7) is 8.25. The number of aromatic nitrogens is 1. The van der Waals surface area contributed by atoms with Crippen LogP contribution in [0.5, 0.6) is 0 Å². The SMILES string of the molecule is CC1(C)OB(c2cccc3c2c2cc(C#N)ccc2n3-c2ccccc2)OC1(C)C. The summed E-state index contributed by atoms with van der Waals surface area (Å²) in [4.78, 5) is 0. The molecule has 0 amide bonds. The normalized spacial score (nSPS) is 17.5. The van der Waals surface area contributed by atoms with E-state index in [1.54, 1.807) is 0 Å². The second-order valence-corrected chi connectivity index (χ2v) is 8.84. The number of hydrogen-bond donors (Lipinski definition) is 0. The maximum atomic E-state index is 9.50. The van der Waals surface area contributed by atoms with Crippen molar-refractivity contribution in [3.05, 3.63) is 72.3 Å². The molecule has 0 unspecified atom stereocenters. The lowest BCUT2D eigenvalue weighted by Gasteiger charge is -2.32. The number of para-hydroxylation sites is 1. The zero-order valence-electron chi connectivity index (χ0n) is 17.6. The first-order chi connectivity index (χ1) is 14.3. The zero-order chi connectivity index (χ0) is 21.1. The maximum absolute atomic E-state index is 9.50. The molecule has 1 saturated heterocycles. The summed E-state index contributed by atoms with van der Waals surface area (Å²) in [5, 5.41) is 11.6. The molecule has 4 nitrogen and oxygen atoms in total. The van der Waals surface area contributed by atoms with Crippen LogP contribution < -0.4 is 5.46 Å². The Morgan fingerprint density at radius 3 is 2.20 bits per heavy atom. The Labute approximate surface area is 176 Å². The van der Waals surface area contributed by atoms with Crippen LogP contribution in [0.3, 0.4) is 0 Å². The molecule has 0 N–H and O–H groups in total. The van der Waals surface area contributed by atoms with E-state index in [1.807, 2.05) is 42.5 Å². The zero-order valence-corrected chi connectivity index (χ0v) is 17.6. The molecule has 30 heavy (non-hydrogen) atoms. The first kappa shape index (κ1) is 18.9. The number of benzene rings is 3. The molecule has 0 spiro atoms. The first-order valence-electron chi connectivity index (χ1n) is 10.2. The van der Waals surface area contributed by atoms with Crippen LogP contribution in [0.2, 0.25) is 0 Å². The number of nitrogens with zero attached hydrogens (tertiary/aromatic N) is 2. The van der Waals surface area contributed by atoms with Crippen LogP contribution in [0.15, 0.2) is 66.7 Å². The minimum Gasteiger partial charge on any atom is -0.399 e. The molecule has 0 radical (unpaired) electrons. The molecular weight excluding hydrogens is 371 g/mol. The van der Waals surface area contributed by atoms with Crippen LogP contribution in [0.4, 0.5) is 0 Å². The van der Waals surface area contributed by atoms with Crippen molar-refractivity contribution in [2.24, 2.45) is 0 Å². The Morgan fingerprint density at radius 2 is 1.53 bits per heavy atom. The van der Waals surface area contributed by atoms with E-state index in [0.29, 0.717) is 5.56 Å². The Morgan fingerprint density at radius 1 is 0.833 bits per heavy atom. The third-order valence-corrected chi connectivity index (χ3v) is 6.47. The van der Waals surface area contributed by atoms with Crippen molar-refractivity contribution in [1.29, 1.82) is 5.26 Å². The van der Waals surface area contributed by atoms with Gasteiger partial charge in [0.15, 0.2) is 0 Å². The van der Waals surface area contributed by atoms with Gasteiger partial charge in [-0.3, -0.25) is 0 Å². The van der Waals surface area contributed by atoms with Gasteiger partial charge in [0.2, 0.25) is 0 Å². The molecule has 1 aromatic heterocycles. The van der Waals surface area contributed by atoms with Crippen molar-refractivity contribution in [3.8, 4) is 11.8 Å². The van der Waals surface area contributed by atoms with E-state index in [4.69, 9.17) is 9.31 Å². The quantitative estimate of drug-likeness (QED) is 0.452. The fraction of sp³-hybridized carbons (Fsp3) is 0.240. The maximum Gasteiger partial charge on any atom is 0.495 e. The van der Waals surface area contributed by atoms with E-state index in [0.717, 1.165) is 33.0 Å². The largest absolute Gasteiger partial charge is 0.495 e. The number of rotatable bonds is 2. The van der Waals surface area contributed by atoms with Crippen LogP contribution in [0.25, 0.3) is 27.5 Å². The number of fused-ring (bicyclic) bond motifs is 3. The Bertz CT molecular complexity index is 1300. The monoisotopic (exact) mass is 394 g/mol. The number of nitriles is 1. The van der Waals surface area contributed by atoms with Gasteiger partial charge in [0.1, 0.15) is 0 Å². The van der Waals surface area contributed by atoms with Crippen LogP contribution in [-0.4, -0.2) is 22.9 Å². The van der Waals surface area contributed by atoms with Gasteiger partial charge in [-0.25, -0.2) is 0 Å². The molecule has 5 rings (SSSR count). The van der Waals surface area contributed by atoms with Crippen molar-refractivity contribution >= 4 is 34.4 Å². The summed E-state index contributed by atoms with van der Waals surface area (Å²) in [5.41, 5.74) is 3.98. The summed E-state index contributed by atoms with van der Waals surface area (Å²) in [7, 11) is -0.473. The molecular formula is C25H23BN2O2. The standard InChI is InChI=1S/C25H23BN2O2/c1-24(2)25(3,4)30-26(29-24)20-11-8-12-22-23(20)19-15-17(16-27)13-14-21(19)28(22)18-9-6-5-7-10-18/h5-15H,1-4H3. The molecule has 5 heteroatoms. The van der Waals surface area contributed by atoms with E-state index in [2.05, 4.69) is 62.6 Å². The van der Waals surface area contributed by atoms with Crippen molar-refractivity contribution in [2.45, 2.75) is 38.9 Å². The van der Waals surface area contributed by atoms with Gasteiger partial charge in [0, 0.05) is 16.5 Å². The summed E-state index contributed by atoms with van der Waals surface area (Å²) >= 11 is 0. The van der Waals surface area contributed by atoms with Gasteiger partial charge in [-0.2, -0.15) is 5.26 Å². The van der Waals surface area contributed by atoms with Gasteiger partial charge in [-0.15, -0.1) is 0 Å². The molecule has 148 valence electrons. The van der Waals surface area contributed by atoms with E-state index in [1.165, 1.54) is 0 Å². The minimum atomic E-state index is -0.473. The highest BCUT2D eigenvalue weighted by Crippen LogP contribution is 2.38. The van der Waals surface area contributed by atoms with Crippen LogP contribution in [-0.2, 0) is 9.31 Å². The van der Waals surface area contributed by atoms with Crippen LogP contribution in [0, 0.1) is 11.3 Å². The molecule has 3 aromatic carbocycles. The van der Waals surface area contributed by atoms with Crippen molar-refractivity contribution in [1.82, 2.24) is 4.57 Å². The lowest BCUT2D eigenvalue weighted by atomic mass is 9.76. The molecule has 1 aliphatic heterocycles. The second kappa shape index (κ2) is 6.47. The molecule has 0 saturated carbocycles. The smallest absolute Gasteiger partial charge is 0.399 e. The van der Waals surface area contributed by atoms with Crippen molar-refractivity contribution in [2.75, 3.05) is 0 Å². The number of hydrogen-bond acceptors (Lipinski definition) is 3. The fourth-order valence-electron chi connectivity index (χ4n) is 4.19. The predicted octanol–water partition coefficient (Wildman–Crippen LogP) is 4.95. The average molecular weight is 394 g/mol. The Balaban J connectivity index is 1.84. The Kier molecular flexibility index (Phi) is 4.08. The van der Waals surface area contributed by atoms with Crippen molar-refractivity contribution in [3.63, 3.8) is 0 Å². The second-order valence-electron chi connectivity index (χ2n) is 8.84. The van der Waals surface area contributed by atoms with E-state index in [9.17, 15) is 5.26 Å². The summed E-state index contributed by atoms with van der Waals surface area (Å²) in [6, 6.07) is 24.6. The predicted molar refractivity (Wildman–Crippen MR) is 121 cm³/mol. The third-order valence-electron chi connectivity index (χ3n) is 6.47. The molecule has 4 aromatic rings. The third kappa shape index (κ3) is 2.69. The average Bonchev–Trinajstić information content (AvgIpc) is 3.18. The highest BCUT2D eigenvalue weighted by Gasteiger charge is 2.52. The summed E-state index contributed by atoms with van der Waals surface area (Å²) in [5.74, 6) is 0. The lowest BCUT2D eigenvalue weighted by Crippen LogP contribution is -2.41. The molecule has 0 aliphatic carbocycles. The van der Waals surface area contributed by atoms with Crippen LogP contribution in [0.1, 0.15) is 33.3 Å². The van der Waals surface area contributed by atoms with E-state index in [-0.39, 0.29) is 0 Å². The molecule has 1 fully saturated rings. The first-order valence-corrected chi connectivity index (χ1v) is 10.2. The Hall–Kier alpha value is -3.07. The van der Waals surface area contributed by atoms with Gasteiger partial charge >= 0.3 is 7.12 Å².